The molecule has 20 heavy (non-hydrogen) atoms. The molecule has 0 aliphatic heterocycles. The maximum absolute atomic E-state index is 12.0. The van der Waals surface area contributed by atoms with E-state index in [9.17, 15) is 4.79 Å². The van der Waals surface area contributed by atoms with Crippen LogP contribution in [0.15, 0.2) is 65.8 Å². The molecule has 0 heterocycles. The molecule has 4 nitrogen and oxygen atoms in total. The minimum atomic E-state index is -0.380. The van der Waals surface area contributed by atoms with Gasteiger partial charge < -0.3 is 10.5 Å². The van der Waals surface area contributed by atoms with Crippen molar-refractivity contribution in [2.24, 2.45) is 5.16 Å². The third kappa shape index (κ3) is 3.68. The first kappa shape index (κ1) is 13.8. The van der Waals surface area contributed by atoms with E-state index in [0.717, 1.165) is 12.0 Å². The number of nitrogens with zero attached hydrogens (tertiary/aromatic N) is 1. The van der Waals surface area contributed by atoms with Crippen LogP contribution in [0.2, 0.25) is 0 Å². The summed E-state index contributed by atoms with van der Waals surface area (Å²) >= 11 is 0. The van der Waals surface area contributed by atoms with Gasteiger partial charge in [0.1, 0.15) is 0 Å². The Kier molecular flexibility index (Phi) is 4.89. The van der Waals surface area contributed by atoms with Gasteiger partial charge in [0, 0.05) is 12.1 Å². The first-order chi connectivity index (χ1) is 9.81. The molecule has 102 valence electrons. The standard InChI is InChI=1S/C16H16N2O2/c19-16(15(18-20)14-9-5-2-6-10-14)17-12-11-13-7-3-1-4-8-13/h1-10,20H,11-12H2,(H,17,19)/b18-15-. The van der Waals surface area contributed by atoms with Gasteiger partial charge in [0.2, 0.25) is 0 Å². The lowest BCUT2D eigenvalue weighted by molar-refractivity contribution is -0.114. The first-order valence-electron chi connectivity index (χ1n) is 6.41. The van der Waals surface area contributed by atoms with E-state index in [1.54, 1.807) is 24.3 Å². The van der Waals surface area contributed by atoms with Gasteiger partial charge in [-0.1, -0.05) is 65.8 Å². The third-order valence-electron chi connectivity index (χ3n) is 2.90. The Morgan fingerprint density at radius 3 is 2.20 bits per heavy atom. The van der Waals surface area contributed by atoms with Crippen molar-refractivity contribution < 1.29 is 10.0 Å². The topological polar surface area (TPSA) is 61.7 Å². The van der Waals surface area contributed by atoms with Crippen molar-refractivity contribution in [1.82, 2.24) is 5.32 Å². The molecule has 1 amide bonds. The summed E-state index contributed by atoms with van der Waals surface area (Å²) in [6.45, 7) is 0.495. The number of rotatable bonds is 5. The number of carbonyl (C=O) groups is 1. The van der Waals surface area contributed by atoms with Crippen molar-refractivity contribution >= 4 is 11.6 Å². The van der Waals surface area contributed by atoms with Gasteiger partial charge in [-0.3, -0.25) is 4.79 Å². The maximum atomic E-state index is 12.0. The number of carbonyl (C=O) groups excluding carboxylic acids is 1. The summed E-state index contributed by atoms with van der Waals surface area (Å²) in [5, 5.41) is 14.8. The molecule has 2 rings (SSSR count). The lowest BCUT2D eigenvalue weighted by atomic mass is 10.1. The van der Waals surface area contributed by atoms with Crippen LogP contribution in [0.4, 0.5) is 0 Å². The highest BCUT2D eigenvalue weighted by Crippen LogP contribution is 2.02. The Morgan fingerprint density at radius 1 is 1.00 bits per heavy atom. The smallest absolute Gasteiger partial charge is 0.273 e. The summed E-state index contributed by atoms with van der Waals surface area (Å²) in [7, 11) is 0. The van der Waals surface area contributed by atoms with Crippen molar-refractivity contribution in [1.29, 1.82) is 0 Å². The van der Waals surface area contributed by atoms with Gasteiger partial charge in [-0.25, -0.2) is 0 Å². The van der Waals surface area contributed by atoms with E-state index in [4.69, 9.17) is 5.21 Å². The van der Waals surface area contributed by atoms with Crippen LogP contribution in [0.3, 0.4) is 0 Å². The van der Waals surface area contributed by atoms with Crippen LogP contribution in [0.1, 0.15) is 11.1 Å². The summed E-state index contributed by atoms with van der Waals surface area (Å²) < 4.78 is 0. The molecule has 0 aromatic heterocycles. The van der Waals surface area contributed by atoms with Gasteiger partial charge in [-0.15, -0.1) is 0 Å². The van der Waals surface area contributed by atoms with Gasteiger partial charge in [-0.2, -0.15) is 0 Å². The second kappa shape index (κ2) is 7.09. The van der Waals surface area contributed by atoms with E-state index in [1.807, 2.05) is 36.4 Å². The maximum Gasteiger partial charge on any atom is 0.273 e. The molecule has 0 spiro atoms. The van der Waals surface area contributed by atoms with Gasteiger partial charge >= 0.3 is 0 Å². The molecule has 0 radical (unpaired) electrons. The SMILES string of the molecule is O=C(NCCc1ccccc1)/C(=N\O)c1ccccc1. The third-order valence-corrected chi connectivity index (χ3v) is 2.90. The zero-order chi connectivity index (χ0) is 14.2. The second-order valence-electron chi connectivity index (χ2n) is 4.31. The quantitative estimate of drug-likeness (QED) is 0.496. The van der Waals surface area contributed by atoms with Crippen molar-refractivity contribution in [2.75, 3.05) is 6.54 Å². The zero-order valence-corrected chi connectivity index (χ0v) is 11.0. The van der Waals surface area contributed by atoms with Gasteiger partial charge in [0.05, 0.1) is 0 Å². The van der Waals surface area contributed by atoms with Crippen LogP contribution in [0.25, 0.3) is 0 Å². The molecular weight excluding hydrogens is 252 g/mol. The first-order valence-corrected chi connectivity index (χ1v) is 6.41. The minimum absolute atomic E-state index is 0.0265. The van der Waals surface area contributed by atoms with E-state index in [0.29, 0.717) is 12.1 Å². The fraction of sp³-hybridized carbons (Fsp3) is 0.125. The summed E-state index contributed by atoms with van der Waals surface area (Å²) in [6.07, 6.45) is 0.736. The van der Waals surface area contributed by atoms with Gasteiger partial charge in [0.25, 0.3) is 5.91 Å². The van der Waals surface area contributed by atoms with E-state index >= 15 is 0 Å². The lowest BCUT2D eigenvalue weighted by Gasteiger charge is -2.06. The predicted molar refractivity (Wildman–Crippen MR) is 77.9 cm³/mol. The monoisotopic (exact) mass is 268 g/mol. The molecule has 0 aliphatic carbocycles. The summed E-state index contributed by atoms with van der Waals surface area (Å²) in [5.41, 5.74) is 1.76. The van der Waals surface area contributed by atoms with E-state index in [2.05, 4.69) is 10.5 Å². The molecule has 0 aliphatic rings. The zero-order valence-electron chi connectivity index (χ0n) is 11.0. The molecule has 0 unspecified atom stereocenters. The molecule has 2 N–H and O–H groups in total. The fourth-order valence-electron chi connectivity index (χ4n) is 1.88. The minimum Gasteiger partial charge on any atom is -0.410 e. The van der Waals surface area contributed by atoms with Crippen molar-refractivity contribution in [2.45, 2.75) is 6.42 Å². The van der Waals surface area contributed by atoms with Crippen LogP contribution < -0.4 is 5.32 Å². The van der Waals surface area contributed by atoms with E-state index < -0.39 is 0 Å². The molecule has 0 saturated carbocycles. The summed E-state index contributed by atoms with van der Waals surface area (Å²) in [6, 6.07) is 18.8. The number of nitrogens with one attached hydrogen (secondary N) is 1. The largest absolute Gasteiger partial charge is 0.410 e. The summed E-state index contributed by atoms with van der Waals surface area (Å²) in [4.78, 5) is 12.0. The molecule has 4 heteroatoms. The van der Waals surface area contributed by atoms with Crippen LogP contribution >= 0.6 is 0 Å². The number of amides is 1. The number of hydrogen-bond acceptors (Lipinski definition) is 3. The van der Waals surface area contributed by atoms with Gasteiger partial charge in [0.15, 0.2) is 5.71 Å². The second-order valence-corrected chi connectivity index (χ2v) is 4.31. The fourth-order valence-corrected chi connectivity index (χ4v) is 1.88. The Morgan fingerprint density at radius 2 is 1.60 bits per heavy atom. The molecule has 0 saturated heterocycles. The molecule has 0 fully saturated rings. The normalized spacial score (nSPS) is 11.1. The van der Waals surface area contributed by atoms with Crippen molar-refractivity contribution in [3.8, 4) is 0 Å². The Labute approximate surface area is 117 Å². The summed E-state index contributed by atoms with van der Waals surface area (Å²) in [5.74, 6) is -0.380. The predicted octanol–water partition coefficient (Wildman–Crippen LogP) is 2.22. The number of hydrogen-bond donors (Lipinski definition) is 2. The number of oxime groups is 1. The highest BCUT2D eigenvalue weighted by atomic mass is 16.4. The van der Waals surface area contributed by atoms with Crippen molar-refractivity contribution in [3.05, 3.63) is 71.8 Å². The van der Waals surface area contributed by atoms with Crippen LogP contribution in [-0.4, -0.2) is 23.4 Å². The van der Waals surface area contributed by atoms with Crippen LogP contribution in [0, 0.1) is 0 Å². The Balaban J connectivity index is 1.91. The van der Waals surface area contributed by atoms with Crippen LogP contribution in [0.5, 0.6) is 0 Å². The average Bonchev–Trinajstić information content (AvgIpc) is 2.50. The van der Waals surface area contributed by atoms with Crippen molar-refractivity contribution in [3.63, 3.8) is 0 Å². The van der Waals surface area contributed by atoms with Gasteiger partial charge in [-0.05, 0) is 12.0 Å². The lowest BCUT2D eigenvalue weighted by Crippen LogP contribution is -2.33. The highest BCUT2D eigenvalue weighted by molar-refractivity contribution is 6.45. The molecule has 0 bridgehead atoms. The Bertz CT molecular complexity index is 580. The molecule has 2 aromatic rings. The number of benzene rings is 2. The molecule has 0 atom stereocenters. The van der Waals surface area contributed by atoms with E-state index in [-0.39, 0.29) is 11.6 Å². The highest BCUT2D eigenvalue weighted by Gasteiger charge is 2.13. The average molecular weight is 268 g/mol. The molecular formula is C16H16N2O2. The van der Waals surface area contributed by atoms with E-state index in [1.165, 1.54) is 0 Å². The van der Waals surface area contributed by atoms with Crippen LogP contribution in [-0.2, 0) is 11.2 Å². The molecule has 2 aromatic carbocycles. The Hall–Kier alpha value is -2.62.